The molecule has 0 unspecified atom stereocenters. The van der Waals surface area contributed by atoms with Crippen LogP contribution >= 0.6 is 12.6 Å². The second-order valence-corrected chi connectivity index (χ2v) is 2.16. The van der Waals surface area contributed by atoms with Crippen molar-refractivity contribution in [2.24, 2.45) is 0 Å². The van der Waals surface area contributed by atoms with Gasteiger partial charge in [-0.3, -0.25) is 0 Å². The molecule has 0 bridgehead atoms. The molecule has 1 rings (SSSR count). The van der Waals surface area contributed by atoms with Gasteiger partial charge in [0.05, 0.1) is 6.04 Å². The summed E-state index contributed by atoms with van der Waals surface area (Å²) in [6, 6.07) is 1.11. The third-order valence-corrected chi connectivity index (χ3v) is 1.52. The van der Waals surface area contributed by atoms with Gasteiger partial charge >= 0.3 is 0 Å². The van der Waals surface area contributed by atoms with E-state index in [1.807, 2.05) is 25.3 Å². The molecule has 0 aromatic heterocycles. The number of dihydropyridines is 1. The molecule has 0 spiro atoms. The van der Waals surface area contributed by atoms with E-state index in [9.17, 15) is 0 Å². The fourth-order valence-electron chi connectivity index (χ4n) is 0.511. The van der Waals surface area contributed by atoms with Crippen LogP contribution in [0, 0.1) is 6.04 Å². The first kappa shape index (κ1) is 5.76. The Morgan fingerprint density at radius 2 is 2.38 bits per heavy atom. The smallest absolute Gasteiger partial charge is 0.0923 e. The molecule has 1 nitrogen and oxygen atoms in total. The molecule has 43 valence electrons. The van der Waals surface area contributed by atoms with Crippen LogP contribution in [0.4, 0.5) is 0 Å². The number of allylic oxidation sites excluding steroid dienone is 2. The predicted octanol–water partition coefficient (Wildman–Crippen LogP) is 1.47. The van der Waals surface area contributed by atoms with Crippen LogP contribution in [-0.4, -0.2) is 0 Å². The summed E-state index contributed by atoms with van der Waals surface area (Å²) in [5.41, 5.74) is 0. The van der Waals surface area contributed by atoms with Crippen LogP contribution in [-0.2, 0) is 0 Å². The van der Waals surface area contributed by atoms with Crippen molar-refractivity contribution in [1.29, 1.82) is 0 Å². The molecular formula is C6H8NS. The third kappa shape index (κ3) is 1.07. The van der Waals surface area contributed by atoms with Crippen LogP contribution in [0.2, 0.25) is 0 Å². The van der Waals surface area contributed by atoms with Crippen LogP contribution < -0.4 is 5.32 Å². The van der Waals surface area contributed by atoms with E-state index in [4.69, 9.17) is 0 Å². The minimum atomic E-state index is 1.01. The molecule has 0 atom stereocenters. The van der Waals surface area contributed by atoms with Gasteiger partial charge in [0.15, 0.2) is 0 Å². The molecular weight excluding hydrogens is 118 g/mol. The second-order valence-electron chi connectivity index (χ2n) is 1.68. The maximum absolute atomic E-state index is 4.17. The Morgan fingerprint density at radius 1 is 1.62 bits per heavy atom. The SMILES string of the molecule is C[C]1NC=CC=C1S. The molecule has 0 aromatic carbocycles. The average molecular weight is 126 g/mol. The Hall–Kier alpha value is -0.370. The first-order valence-corrected chi connectivity index (χ1v) is 2.91. The molecule has 1 radical (unpaired) electrons. The molecule has 1 heterocycles. The molecule has 1 aliphatic rings. The minimum Gasteiger partial charge on any atom is -0.379 e. The fourth-order valence-corrected chi connectivity index (χ4v) is 0.662. The summed E-state index contributed by atoms with van der Waals surface area (Å²) in [6.45, 7) is 1.99. The quantitative estimate of drug-likeness (QED) is 0.468. The molecule has 1 N–H and O–H groups in total. The maximum atomic E-state index is 4.17. The van der Waals surface area contributed by atoms with Crippen molar-refractivity contribution in [2.75, 3.05) is 0 Å². The van der Waals surface area contributed by atoms with Gasteiger partial charge in [0.1, 0.15) is 0 Å². The standard InChI is InChI=1S/C6H8NS/c1-5-6(8)3-2-4-7-5/h2-4,7-8H,1H3. The van der Waals surface area contributed by atoms with Gasteiger partial charge in [-0.05, 0) is 25.3 Å². The van der Waals surface area contributed by atoms with E-state index in [-0.39, 0.29) is 0 Å². The van der Waals surface area contributed by atoms with Gasteiger partial charge in [0.2, 0.25) is 0 Å². The van der Waals surface area contributed by atoms with Crippen LogP contribution in [0.15, 0.2) is 23.3 Å². The lowest BCUT2D eigenvalue weighted by Crippen LogP contribution is -2.13. The lowest BCUT2D eigenvalue weighted by atomic mass is 10.2. The number of rotatable bonds is 0. The van der Waals surface area contributed by atoms with E-state index in [0.717, 1.165) is 10.9 Å². The molecule has 8 heavy (non-hydrogen) atoms. The van der Waals surface area contributed by atoms with E-state index in [0.29, 0.717) is 0 Å². The fraction of sp³-hybridized carbons (Fsp3) is 0.167. The van der Waals surface area contributed by atoms with Crippen LogP contribution in [0.25, 0.3) is 0 Å². The minimum absolute atomic E-state index is 1.01. The Labute approximate surface area is 54.9 Å². The van der Waals surface area contributed by atoms with Crippen LogP contribution in [0.5, 0.6) is 0 Å². The summed E-state index contributed by atoms with van der Waals surface area (Å²) >= 11 is 4.17. The van der Waals surface area contributed by atoms with E-state index in [1.54, 1.807) is 0 Å². The number of hydrogen-bond acceptors (Lipinski definition) is 2. The van der Waals surface area contributed by atoms with Gasteiger partial charge < -0.3 is 5.32 Å². The van der Waals surface area contributed by atoms with Crippen molar-refractivity contribution in [1.82, 2.24) is 5.32 Å². The molecule has 0 amide bonds. The summed E-state index contributed by atoms with van der Waals surface area (Å²) in [4.78, 5) is 1.01. The highest BCUT2D eigenvalue weighted by atomic mass is 32.1. The van der Waals surface area contributed by atoms with Crippen molar-refractivity contribution in [3.8, 4) is 0 Å². The first-order valence-electron chi connectivity index (χ1n) is 2.47. The van der Waals surface area contributed by atoms with Crippen molar-refractivity contribution < 1.29 is 0 Å². The van der Waals surface area contributed by atoms with Crippen LogP contribution in [0.3, 0.4) is 0 Å². The Balaban J connectivity index is 2.66. The summed E-state index contributed by atoms with van der Waals surface area (Å²) < 4.78 is 0. The second kappa shape index (κ2) is 2.27. The highest BCUT2D eigenvalue weighted by molar-refractivity contribution is 7.84. The van der Waals surface area contributed by atoms with Gasteiger partial charge in [-0.1, -0.05) is 0 Å². The van der Waals surface area contributed by atoms with Crippen molar-refractivity contribution in [3.63, 3.8) is 0 Å². The van der Waals surface area contributed by atoms with Crippen molar-refractivity contribution >= 4 is 12.6 Å². The lowest BCUT2D eigenvalue weighted by molar-refractivity contribution is 0.919. The van der Waals surface area contributed by atoms with E-state index < -0.39 is 0 Å². The third-order valence-electron chi connectivity index (χ3n) is 1.03. The molecule has 0 saturated carbocycles. The normalized spacial score (nSPS) is 20.0. The van der Waals surface area contributed by atoms with Gasteiger partial charge in [-0.2, -0.15) is 0 Å². The van der Waals surface area contributed by atoms with Crippen LogP contribution in [0.1, 0.15) is 6.92 Å². The number of thiol groups is 1. The Kier molecular flexibility index (Phi) is 1.63. The van der Waals surface area contributed by atoms with Gasteiger partial charge in [0, 0.05) is 4.91 Å². The topological polar surface area (TPSA) is 12.0 Å². The summed E-state index contributed by atoms with van der Waals surface area (Å²) in [5, 5.41) is 3.02. The maximum Gasteiger partial charge on any atom is 0.0923 e. The largest absolute Gasteiger partial charge is 0.379 e. The highest BCUT2D eigenvalue weighted by Crippen LogP contribution is 2.15. The van der Waals surface area contributed by atoms with Gasteiger partial charge in [-0.15, -0.1) is 12.6 Å². The molecule has 0 saturated heterocycles. The summed E-state index contributed by atoms with van der Waals surface area (Å²) in [7, 11) is 0. The lowest BCUT2D eigenvalue weighted by Gasteiger charge is -2.12. The molecule has 2 heteroatoms. The van der Waals surface area contributed by atoms with Gasteiger partial charge in [-0.25, -0.2) is 0 Å². The Bertz CT molecular complexity index is 137. The molecule has 0 aromatic rings. The monoisotopic (exact) mass is 126 g/mol. The van der Waals surface area contributed by atoms with Gasteiger partial charge in [0.25, 0.3) is 0 Å². The molecule has 1 aliphatic heterocycles. The van der Waals surface area contributed by atoms with Crippen molar-refractivity contribution in [2.45, 2.75) is 6.92 Å². The van der Waals surface area contributed by atoms with E-state index >= 15 is 0 Å². The summed E-state index contributed by atoms with van der Waals surface area (Å²) in [6.07, 6.45) is 5.76. The zero-order valence-corrected chi connectivity index (χ0v) is 5.57. The highest BCUT2D eigenvalue weighted by Gasteiger charge is 2.03. The number of nitrogens with one attached hydrogen (secondary N) is 1. The zero-order chi connectivity index (χ0) is 5.98. The molecule has 0 fully saturated rings. The van der Waals surface area contributed by atoms with E-state index in [2.05, 4.69) is 17.9 Å². The zero-order valence-electron chi connectivity index (χ0n) is 4.68. The summed E-state index contributed by atoms with van der Waals surface area (Å²) in [5.74, 6) is 0. The average Bonchev–Trinajstić information content (AvgIpc) is 1.77. The first-order chi connectivity index (χ1) is 3.80. The molecule has 0 aliphatic carbocycles. The predicted molar refractivity (Wildman–Crippen MR) is 38.3 cm³/mol. The number of hydrogen-bond donors (Lipinski definition) is 2. The van der Waals surface area contributed by atoms with E-state index in [1.165, 1.54) is 0 Å². The van der Waals surface area contributed by atoms with Crippen molar-refractivity contribution in [3.05, 3.63) is 29.3 Å². The Morgan fingerprint density at radius 3 is 2.75 bits per heavy atom.